The fourth-order valence-corrected chi connectivity index (χ4v) is 4.25. The van der Waals surface area contributed by atoms with Crippen molar-refractivity contribution in [3.05, 3.63) is 0 Å². The lowest BCUT2D eigenvalue weighted by Gasteiger charge is -2.29. The number of rotatable bonds is 2. The number of carbonyl (C=O) groups is 3. The average Bonchev–Trinajstić information content (AvgIpc) is 2.94. The maximum atomic E-state index is 12.7. The molecule has 1 saturated carbocycles. The van der Waals surface area contributed by atoms with E-state index in [0.717, 1.165) is 32.1 Å². The second kappa shape index (κ2) is 5.66. The van der Waals surface area contributed by atoms with E-state index in [1.807, 2.05) is 0 Å². The fourth-order valence-electron chi connectivity index (χ4n) is 4.25. The van der Waals surface area contributed by atoms with Gasteiger partial charge in [0.25, 0.3) is 0 Å². The minimum absolute atomic E-state index is 0.0686. The van der Waals surface area contributed by atoms with Crippen molar-refractivity contribution in [1.29, 1.82) is 0 Å². The van der Waals surface area contributed by atoms with Crippen LogP contribution in [0.2, 0.25) is 0 Å². The Balaban J connectivity index is 1.76. The van der Waals surface area contributed by atoms with Crippen LogP contribution >= 0.6 is 0 Å². The second-order valence-electron chi connectivity index (χ2n) is 6.56. The van der Waals surface area contributed by atoms with E-state index in [9.17, 15) is 14.4 Å². The van der Waals surface area contributed by atoms with Crippen molar-refractivity contribution in [2.24, 2.45) is 17.6 Å². The summed E-state index contributed by atoms with van der Waals surface area (Å²) in [4.78, 5) is 37.9. The first-order valence-corrected chi connectivity index (χ1v) is 7.97. The molecular weight excluding hydrogens is 270 g/mol. The summed E-state index contributed by atoms with van der Waals surface area (Å²) in [5, 5.41) is 2.80. The molecule has 2 aliphatic heterocycles. The summed E-state index contributed by atoms with van der Waals surface area (Å²) in [6.07, 6.45) is 5.96. The van der Waals surface area contributed by atoms with Crippen LogP contribution in [-0.4, -0.2) is 41.2 Å². The van der Waals surface area contributed by atoms with E-state index < -0.39 is 18.0 Å². The molecule has 0 aromatic carbocycles. The Morgan fingerprint density at radius 3 is 2.71 bits per heavy atom. The van der Waals surface area contributed by atoms with Crippen LogP contribution in [0.4, 0.5) is 0 Å². The molecule has 21 heavy (non-hydrogen) atoms. The molecule has 2 saturated heterocycles. The first kappa shape index (κ1) is 14.4. The number of nitrogens with zero attached hydrogens (tertiary/aromatic N) is 1. The highest BCUT2D eigenvalue weighted by atomic mass is 16.2. The van der Waals surface area contributed by atoms with Crippen molar-refractivity contribution in [3.8, 4) is 0 Å². The number of amides is 3. The number of hydrogen-bond acceptors (Lipinski definition) is 3. The number of nitrogens with two attached hydrogens (primary N) is 1. The quantitative estimate of drug-likeness (QED) is 0.759. The summed E-state index contributed by atoms with van der Waals surface area (Å²) in [5.41, 5.74) is 5.55. The molecule has 6 heteroatoms. The Bertz CT molecular complexity index is 465. The maximum absolute atomic E-state index is 12.7. The maximum Gasteiger partial charge on any atom is 0.245 e. The van der Waals surface area contributed by atoms with Gasteiger partial charge in [-0.15, -0.1) is 0 Å². The van der Waals surface area contributed by atoms with Crippen molar-refractivity contribution in [3.63, 3.8) is 0 Å². The van der Waals surface area contributed by atoms with Gasteiger partial charge in [0.1, 0.15) is 12.1 Å². The van der Waals surface area contributed by atoms with Gasteiger partial charge >= 0.3 is 0 Å². The van der Waals surface area contributed by atoms with E-state index in [0.29, 0.717) is 25.3 Å². The molecule has 3 amide bonds. The Hall–Kier alpha value is -1.59. The van der Waals surface area contributed by atoms with Crippen molar-refractivity contribution in [2.45, 2.75) is 57.0 Å². The van der Waals surface area contributed by atoms with Crippen LogP contribution in [0.15, 0.2) is 0 Å². The summed E-state index contributed by atoms with van der Waals surface area (Å²) < 4.78 is 0. The molecule has 3 rings (SSSR count). The van der Waals surface area contributed by atoms with Crippen molar-refractivity contribution < 1.29 is 14.4 Å². The highest BCUT2D eigenvalue weighted by Crippen LogP contribution is 2.42. The highest BCUT2D eigenvalue weighted by Gasteiger charge is 2.49. The van der Waals surface area contributed by atoms with Gasteiger partial charge in [-0.05, 0) is 37.5 Å². The largest absolute Gasteiger partial charge is 0.368 e. The SMILES string of the molecule is NC(=O)[C@@H]1[C@@H]2CCC[C@@H]2CN1C(=O)[C@@H]1CCCCC(=O)N1. The lowest BCUT2D eigenvalue weighted by atomic mass is 9.93. The second-order valence-corrected chi connectivity index (χ2v) is 6.56. The minimum atomic E-state index is -0.485. The smallest absolute Gasteiger partial charge is 0.245 e. The first-order valence-electron chi connectivity index (χ1n) is 7.97. The number of nitrogens with one attached hydrogen (secondary N) is 1. The standard InChI is InChI=1S/C15H23N3O3/c16-14(20)13-10-5-3-4-9(10)8-18(13)15(21)11-6-1-2-7-12(19)17-11/h9-11,13H,1-8H2,(H2,16,20)(H,17,19)/t9-,10-,11+,13+/m1/s1. The predicted molar refractivity (Wildman–Crippen MR) is 75.9 cm³/mol. The van der Waals surface area contributed by atoms with Gasteiger partial charge in [0, 0.05) is 13.0 Å². The fraction of sp³-hybridized carbons (Fsp3) is 0.800. The third-order valence-corrected chi connectivity index (χ3v) is 5.24. The van der Waals surface area contributed by atoms with E-state index in [4.69, 9.17) is 5.73 Å². The third kappa shape index (κ3) is 2.63. The summed E-state index contributed by atoms with van der Waals surface area (Å²) in [5.74, 6) is 0.0165. The molecule has 6 nitrogen and oxygen atoms in total. The van der Waals surface area contributed by atoms with Crippen LogP contribution in [-0.2, 0) is 14.4 Å². The predicted octanol–water partition coefficient (Wildman–Crippen LogP) is 0.158. The third-order valence-electron chi connectivity index (χ3n) is 5.24. The highest BCUT2D eigenvalue weighted by molar-refractivity contribution is 5.92. The van der Waals surface area contributed by atoms with Gasteiger partial charge in [-0.25, -0.2) is 0 Å². The molecule has 0 aromatic rings. The van der Waals surface area contributed by atoms with Crippen molar-refractivity contribution in [1.82, 2.24) is 10.2 Å². The van der Waals surface area contributed by atoms with Crippen LogP contribution in [0, 0.1) is 11.8 Å². The molecule has 4 atom stereocenters. The van der Waals surface area contributed by atoms with Gasteiger partial charge in [0.05, 0.1) is 0 Å². The molecule has 3 N–H and O–H groups in total. The number of hydrogen-bond donors (Lipinski definition) is 2. The van der Waals surface area contributed by atoms with Crippen LogP contribution < -0.4 is 11.1 Å². The Labute approximate surface area is 124 Å². The average molecular weight is 293 g/mol. The van der Waals surface area contributed by atoms with Gasteiger partial charge in [-0.3, -0.25) is 14.4 Å². The molecule has 3 fully saturated rings. The number of fused-ring (bicyclic) bond motifs is 1. The topological polar surface area (TPSA) is 92.5 Å². The zero-order valence-corrected chi connectivity index (χ0v) is 12.2. The van der Waals surface area contributed by atoms with Crippen LogP contribution in [0.25, 0.3) is 0 Å². The molecule has 0 spiro atoms. The van der Waals surface area contributed by atoms with Gasteiger partial charge in [0.15, 0.2) is 0 Å². The molecule has 0 unspecified atom stereocenters. The summed E-state index contributed by atoms with van der Waals surface area (Å²) in [6, 6.07) is -0.967. The van der Waals surface area contributed by atoms with E-state index in [2.05, 4.69) is 5.32 Å². The lowest BCUT2D eigenvalue weighted by Crippen LogP contribution is -2.53. The summed E-state index contributed by atoms with van der Waals surface area (Å²) >= 11 is 0. The van der Waals surface area contributed by atoms with E-state index in [1.54, 1.807) is 4.90 Å². The summed E-state index contributed by atoms with van der Waals surface area (Å²) in [6.45, 7) is 0.615. The Kier molecular flexibility index (Phi) is 3.87. The zero-order chi connectivity index (χ0) is 15.0. The van der Waals surface area contributed by atoms with E-state index in [-0.39, 0.29) is 17.7 Å². The zero-order valence-electron chi connectivity index (χ0n) is 12.2. The molecule has 2 heterocycles. The molecule has 1 aliphatic carbocycles. The van der Waals surface area contributed by atoms with Gasteiger partial charge in [-0.2, -0.15) is 0 Å². The number of carbonyl (C=O) groups excluding carboxylic acids is 3. The van der Waals surface area contributed by atoms with Gasteiger partial charge in [-0.1, -0.05) is 12.8 Å². The summed E-state index contributed by atoms with van der Waals surface area (Å²) in [7, 11) is 0. The first-order chi connectivity index (χ1) is 10.1. The van der Waals surface area contributed by atoms with Crippen molar-refractivity contribution in [2.75, 3.05) is 6.54 Å². The molecule has 116 valence electrons. The van der Waals surface area contributed by atoms with Crippen LogP contribution in [0.3, 0.4) is 0 Å². The lowest BCUT2D eigenvalue weighted by molar-refractivity contribution is -0.141. The normalized spacial score (nSPS) is 36.0. The minimum Gasteiger partial charge on any atom is -0.368 e. The number of primary amides is 1. The molecular formula is C15H23N3O3. The Morgan fingerprint density at radius 2 is 1.95 bits per heavy atom. The molecule has 3 aliphatic rings. The molecule has 0 bridgehead atoms. The van der Waals surface area contributed by atoms with Crippen molar-refractivity contribution >= 4 is 17.7 Å². The van der Waals surface area contributed by atoms with Gasteiger partial charge < -0.3 is 16.0 Å². The Morgan fingerprint density at radius 1 is 1.14 bits per heavy atom. The molecule has 0 radical (unpaired) electrons. The van der Waals surface area contributed by atoms with Crippen LogP contribution in [0.1, 0.15) is 44.9 Å². The monoisotopic (exact) mass is 293 g/mol. The van der Waals surface area contributed by atoms with Gasteiger partial charge in [0.2, 0.25) is 17.7 Å². The number of likely N-dealkylation sites (tertiary alicyclic amines) is 1. The van der Waals surface area contributed by atoms with E-state index in [1.165, 1.54) is 0 Å². The molecule has 0 aromatic heterocycles. The van der Waals surface area contributed by atoms with Crippen LogP contribution in [0.5, 0.6) is 0 Å². The van der Waals surface area contributed by atoms with E-state index >= 15 is 0 Å².